The van der Waals surface area contributed by atoms with E-state index >= 15 is 0 Å². The molecule has 4 saturated carbocycles. The summed E-state index contributed by atoms with van der Waals surface area (Å²) in [7, 11) is 0. The monoisotopic (exact) mass is 422 g/mol. The summed E-state index contributed by atoms with van der Waals surface area (Å²) in [5.74, 6) is 6.39. The molecule has 4 fully saturated rings. The minimum absolute atomic E-state index is 0.318. The quantitative estimate of drug-likeness (QED) is 0.437. The lowest BCUT2D eigenvalue weighted by Crippen LogP contribution is -2.45. The lowest BCUT2D eigenvalue weighted by molar-refractivity contribution is -0.0463. The zero-order valence-electron chi connectivity index (χ0n) is 18.3. The number of benzene rings is 1. The standard InChI is InChI=1S/C28H38OS/c29-19-22(11-20-5-2-1-3-6-20)9-8-21(17-27-7-4-10-30-27)18-28-25-13-23-12-24(15-25)16-26(28)14-23/h1-7,10,21-26,28-29H,8-9,11-19H2. The van der Waals surface area contributed by atoms with E-state index in [1.165, 1.54) is 50.5 Å². The zero-order chi connectivity index (χ0) is 20.3. The maximum absolute atomic E-state index is 10.0. The molecular weight excluding hydrogens is 384 g/mol. The van der Waals surface area contributed by atoms with Gasteiger partial charge in [0.25, 0.3) is 0 Å². The SMILES string of the molecule is OCC(CCC(Cc1cccs1)CC1C2CC3CC(C2)CC1C3)Cc1ccccc1. The first kappa shape index (κ1) is 20.8. The van der Waals surface area contributed by atoms with E-state index in [9.17, 15) is 5.11 Å². The molecule has 4 aliphatic rings. The van der Waals surface area contributed by atoms with E-state index in [-0.39, 0.29) is 0 Å². The second-order valence-electron chi connectivity index (χ2n) is 10.8. The van der Waals surface area contributed by atoms with Gasteiger partial charge in [-0.05, 0) is 123 Å². The van der Waals surface area contributed by atoms with Crippen molar-refractivity contribution in [1.29, 1.82) is 0 Å². The maximum Gasteiger partial charge on any atom is 0.0462 e. The number of aliphatic hydroxyl groups is 1. The number of thiophene rings is 1. The Balaban J connectivity index is 1.23. The second kappa shape index (κ2) is 9.57. The van der Waals surface area contributed by atoms with Crippen molar-refractivity contribution in [3.8, 4) is 0 Å². The van der Waals surface area contributed by atoms with Gasteiger partial charge in [0.1, 0.15) is 0 Å². The van der Waals surface area contributed by atoms with Gasteiger partial charge in [0.15, 0.2) is 0 Å². The highest BCUT2D eigenvalue weighted by Gasteiger charge is 2.48. The average molecular weight is 423 g/mol. The van der Waals surface area contributed by atoms with Crippen LogP contribution in [-0.4, -0.2) is 11.7 Å². The number of aliphatic hydroxyl groups excluding tert-OH is 1. The summed E-state index contributed by atoms with van der Waals surface area (Å²) in [5, 5.41) is 12.3. The van der Waals surface area contributed by atoms with Crippen molar-refractivity contribution in [1.82, 2.24) is 0 Å². The molecule has 1 N–H and O–H groups in total. The predicted molar refractivity (Wildman–Crippen MR) is 127 cm³/mol. The van der Waals surface area contributed by atoms with Crippen LogP contribution in [0.25, 0.3) is 0 Å². The lowest BCUT2D eigenvalue weighted by atomic mass is 9.50. The van der Waals surface area contributed by atoms with Crippen LogP contribution in [0.4, 0.5) is 0 Å². The van der Waals surface area contributed by atoms with Crippen LogP contribution in [0.5, 0.6) is 0 Å². The van der Waals surface area contributed by atoms with Gasteiger partial charge in [-0.2, -0.15) is 0 Å². The van der Waals surface area contributed by atoms with Crippen LogP contribution >= 0.6 is 11.3 Å². The first-order valence-corrected chi connectivity index (χ1v) is 13.3. The Kier molecular flexibility index (Phi) is 6.62. The Morgan fingerprint density at radius 1 is 0.800 bits per heavy atom. The molecule has 0 radical (unpaired) electrons. The minimum Gasteiger partial charge on any atom is -0.396 e. The fourth-order valence-electron chi connectivity index (χ4n) is 7.50. The van der Waals surface area contributed by atoms with Gasteiger partial charge in [-0.1, -0.05) is 36.4 Å². The van der Waals surface area contributed by atoms with E-state index < -0.39 is 0 Å². The van der Waals surface area contributed by atoms with Crippen molar-refractivity contribution in [3.05, 3.63) is 58.3 Å². The Labute approximate surface area is 186 Å². The molecule has 2 unspecified atom stereocenters. The van der Waals surface area contributed by atoms with Crippen LogP contribution in [0.15, 0.2) is 47.8 Å². The summed E-state index contributed by atoms with van der Waals surface area (Å²) in [5.41, 5.74) is 1.37. The van der Waals surface area contributed by atoms with E-state index in [0.717, 1.165) is 48.3 Å². The van der Waals surface area contributed by atoms with E-state index in [1.54, 1.807) is 11.3 Å². The molecule has 4 bridgehead atoms. The van der Waals surface area contributed by atoms with Crippen LogP contribution in [0.2, 0.25) is 0 Å². The molecule has 0 amide bonds. The van der Waals surface area contributed by atoms with Crippen molar-refractivity contribution in [2.75, 3.05) is 6.61 Å². The predicted octanol–water partition coefficient (Wildman–Crippen LogP) is 7.00. The molecule has 1 aromatic carbocycles. The largest absolute Gasteiger partial charge is 0.396 e. The normalized spacial score (nSPS) is 31.7. The zero-order valence-corrected chi connectivity index (χ0v) is 19.1. The van der Waals surface area contributed by atoms with E-state index in [0.29, 0.717) is 12.5 Å². The first-order valence-electron chi connectivity index (χ1n) is 12.4. The molecule has 2 aromatic rings. The van der Waals surface area contributed by atoms with Gasteiger partial charge in [0, 0.05) is 11.5 Å². The molecule has 30 heavy (non-hydrogen) atoms. The molecule has 6 rings (SSSR count). The number of hydrogen-bond donors (Lipinski definition) is 1. The molecule has 2 heteroatoms. The van der Waals surface area contributed by atoms with Crippen LogP contribution in [0.1, 0.15) is 61.8 Å². The highest BCUT2D eigenvalue weighted by atomic mass is 32.1. The van der Waals surface area contributed by atoms with Gasteiger partial charge in [0.05, 0.1) is 0 Å². The topological polar surface area (TPSA) is 20.2 Å². The van der Waals surface area contributed by atoms with Gasteiger partial charge in [-0.15, -0.1) is 11.3 Å². The highest BCUT2D eigenvalue weighted by molar-refractivity contribution is 7.09. The van der Waals surface area contributed by atoms with E-state index in [2.05, 4.69) is 47.8 Å². The van der Waals surface area contributed by atoms with Crippen molar-refractivity contribution >= 4 is 11.3 Å². The van der Waals surface area contributed by atoms with E-state index in [1.807, 2.05) is 11.3 Å². The van der Waals surface area contributed by atoms with Gasteiger partial charge < -0.3 is 5.11 Å². The fraction of sp³-hybridized carbons (Fsp3) is 0.643. The molecule has 162 valence electrons. The Morgan fingerprint density at radius 3 is 2.13 bits per heavy atom. The summed E-state index contributed by atoms with van der Waals surface area (Å²) in [4.78, 5) is 1.56. The Bertz CT molecular complexity index is 739. The van der Waals surface area contributed by atoms with Gasteiger partial charge >= 0.3 is 0 Å². The van der Waals surface area contributed by atoms with Crippen LogP contribution in [0.3, 0.4) is 0 Å². The molecule has 4 aliphatic carbocycles. The molecule has 0 aliphatic heterocycles. The van der Waals surface area contributed by atoms with Crippen molar-refractivity contribution in [2.45, 2.75) is 64.2 Å². The third kappa shape index (κ3) is 4.86. The fourth-order valence-corrected chi connectivity index (χ4v) is 8.32. The molecular formula is C28H38OS. The summed E-state index contributed by atoms with van der Waals surface area (Å²) in [6.07, 6.45) is 13.9. The van der Waals surface area contributed by atoms with Crippen LogP contribution in [-0.2, 0) is 12.8 Å². The third-order valence-corrected chi connectivity index (χ3v) is 9.60. The molecule has 1 aromatic heterocycles. The Hall–Kier alpha value is -1.12. The van der Waals surface area contributed by atoms with Crippen molar-refractivity contribution in [3.63, 3.8) is 0 Å². The smallest absolute Gasteiger partial charge is 0.0462 e. The van der Waals surface area contributed by atoms with Crippen LogP contribution < -0.4 is 0 Å². The maximum atomic E-state index is 10.0. The summed E-state index contributed by atoms with van der Waals surface area (Å²) < 4.78 is 0. The molecule has 1 heterocycles. The first-order chi connectivity index (χ1) is 14.8. The Morgan fingerprint density at radius 2 is 1.50 bits per heavy atom. The molecule has 0 spiro atoms. The third-order valence-electron chi connectivity index (χ3n) is 8.71. The van der Waals surface area contributed by atoms with E-state index in [4.69, 9.17) is 0 Å². The minimum atomic E-state index is 0.318. The summed E-state index contributed by atoms with van der Waals surface area (Å²) in [6, 6.07) is 15.3. The van der Waals surface area contributed by atoms with Gasteiger partial charge in [-0.3, -0.25) is 0 Å². The highest BCUT2D eigenvalue weighted by Crippen LogP contribution is 2.58. The summed E-state index contributed by atoms with van der Waals surface area (Å²) in [6.45, 7) is 0.318. The number of rotatable bonds is 10. The van der Waals surface area contributed by atoms with Crippen molar-refractivity contribution in [2.24, 2.45) is 41.4 Å². The van der Waals surface area contributed by atoms with Crippen LogP contribution in [0, 0.1) is 41.4 Å². The molecule has 2 atom stereocenters. The lowest BCUT2D eigenvalue weighted by Gasteiger charge is -2.55. The second-order valence-corrected chi connectivity index (χ2v) is 11.8. The van der Waals surface area contributed by atoms with Crippen molar-refractivity contribution < 1.29 is 5.11 Å². The average Bonchev–Trinajstić information content (AvgIpc) is 3.26. The number of hydrogen-bond acceptors (Lipinski definition) is 2. The van der Waals surface area contributed by atoms with Gasteiger partial charge in [-0.25, -0.2) is 0 Å². The molecule has 0 saturated heterocycles. The molecule has 1 nitrogen and oxygen atoms in total. The van der Waals surface area contributed by atoms with Gasteiger partial charge in [0.2, 0.25) is 0 Å². The summed E-state index contributed by atoms with van der Waals surface area (Å²) >= 11 is 1.94.